The van der Waals surface area contributed by atoms with Crippen LogP contribution in [-0.2, 0) is 11.3 Å². The number of aromatic nitrogens is 3. The molecule has 1 aromatic heterocycles. The van der Waals surface area contributed by atoms with Gasteiger partial charge in [0.1, 0.15) is 0 Å². The molecule has 0 saturated carbocycles. The molecule has 0 unspecified atom stereocenters. The number of nitrogens with zero attached hydrogens (tertiary/aromatic N) is 4. The number of ether oxygens (including phenoxy) is 1. The number of hydrogen-bond acceptors (Lipinski definition) is 6. The fourth-order valence-electron chi connectivity index (χ4n) is 1.88. The van der Waals surface area contributed by atoms with Crippen LogP contribution in [0.25, 0.3) is 5.69 Å². The van der Waals surface area contributed by atoms with E-state index in [4.69, 9.17) is 4.74 Å². The molecular weight excluding hydrogens is 274 g/mol. The molecule has 1 N–H and O–H groups in total. The molecular formula is C13H17N5O3. The number of nitro benzene ring substituents is 1. The van der Waals surface area contributed by atoms with Crippen molar-refractivity contribution in [2.75, 3.05) is 20.3 Å². The number of methoxy groups -OCH3 is 1. The van der Waals surface area contributed by atoms with Gasteiger partial charge in [0, 0.05) is 31.8 Å². The molecule has 21 heavy (non-hydrogen) atoms. The van der Waals surface area contributed by atoms with Gasteiger partial charge in [0.15, 0.2) is 0 Å². The average molecular weight is 291 g/mol. The van der Waals surface area contributed by atoms with Crippen molar-refractivity contribution < 1.29 is 9.66 Å². The second kappa shape index (κ2) is 6.91. The van der Waals surface area contributed by atoms with Gasteiger partial charge in [-0.25, -0.2) is 4.68 Å². The summed E-state index contributed by atoms with van der Waals surface area (Å²) in [6, 6.07) is 4.85. The molecule has 0 radical (unpaired) electrons. The van der Waals surface area contributed by atoms with Crippen LogP contribution in [0.15, 0.2) is 24.4 Å². The van der Waals surface area contributed by atoms with E-state index in [-0.39, 0.29) is 5.69 Å². The molecule has 112 valence electrons. The van der Waals surface area contributed by atoms with Gasteiger partial charge < -0.3 is 10.1 Å². The highest BCUT2D eigenvalue weighted by Crippen LogP contribution is 2.20. The lowest BCUT2D eigenvalue weighted by Crippen LogP contribution is -2.18. The van der Waals surface area contributed by atoms with Crippen LogP contribution in [0.5, 0.6) is 0 Å². The normalized spacial score (nSPS) is 10.8. The summed E-state index contributed by atoms with van der Waals surface area (Å²) >= 11 is 0. The van der Waals surface area contributed by atoms with Crippen LogP contribution >= 0.6 is 0 Å². The molecule has 0 spiro atoms. The Balaban J connectivity index is 2.07. The van der Waals surface area contributed by atoms with Gasteiger partial charge in [0.25, 0.3) is 5.69 Å². The quantitative estimate of drug-likeness (QED) is 0.468. The molecule has 0 bridgehead atoms. The first-order chi connectivity index (χ1) is 10.1. The van der Waals surface area contributed by atoms with Gasteiger partial charge in [-0.2, -0.15) is 0 Å². The van der Waals surface area contributed by atoms with Crippen molar-refractivity contribution in [3.05, 3.63) is 45.8 Å². The second-order valence-electron chi connectivity index (χ2n) is 4.55. The number of aryl methyl sites for hydroxylation is 1. The maximum Gasteiger partial charge on any atom is 0.272 e. The summed E-state index contributed by atoms with van der Waals surface area (Å²) in [4.78, 5) is 10.4. The van der Waals surface area contributed by atoms with E-state index in [9.17, 15) is 10.1 Å². The molecule has 8 nitrogen and oxygen atoms in total. The largest absolute Gasteiger partial charge is 0.383 e. The lowest BCUT2D eigenvalue weighted by Gasteiger charge is -2.02. The van der Waals surface area contributed by atoms with Gasteiger partial charge in [0.05, 0.1) is 29.1 Å². The Labute approximate surface area is 121 Å². The van der Waals surface area contributed by atoms with Gasteiger partial charge in [-0.15, -0.1) is 5.10 Å². The van der Waals surface area contributed by atoms with Crippen LogP contribution in [-0.4, -0.2) is 40.2 Å². The number of hydrogen-bond donors (Lipinski definition) is 1. The smallest absolute Gasteiger partial charge is 0.272 e. The van der Waals surface area contributed by atoms with E-state index in [1.54, 1.807) is 37.0 Å². The first kappa shape index (κ1) is 15.1. The average Bonchev–Trinajstić information content (AvgIpc) is 2.92. The van der Waals surface area contributed by atoms with E-state index in [2.05, 4.69) is 15.6 Å². The SMILES string of the molecule is COCCNCc1cn(-c2ccc([N+](=O)[O-])c(C)c2)nn1. The Kier molecular flexibility index (Phi) is 4.96. The summed E-state index contributed by atoms with van der Waals surface area (Å²) in [5.74, 6) is 0. The Morgan fingerprint density at radius 3 is 2.95 bits per heavy atom. The van der Waals surface area contributed by atoms with Gasteiger partial charge >= 0.3 is 0 Å². The van der Waals surface area contributed by atoms with Gasteiger partial charge in [-0.1, -0.05) is 5.21 Å². The Morgan fingerprint density at radius 1 is 1.48 bits per heavy atom. The van der Waals surface area contributed by atoms with Crippen molar-refractivity contribution in [1.82, 2.24) is 20.3 Å². The Hall–Kier alpha value is -2.32. The van der Waals surface area contributed by atoms with Gasteiger partial charge in [0.2, 0.25) is 0 Å². The summed E-state index contributed by atoms with van der Waals surface area (Å²) in [5, 5.41) is 22.0. The monoisotopic (exact) mass is 291 g/mol. The summed E-state index contributed by atoms with van der Waals surface area (Å²) in [5.41, 5.74) is 2.23. The molecule has 8 heteroatoms. The lowest BCUT2D eigenvalue weighted by molar-refractivity contribution is -0.385. The third-order valence-corrected chi connectivity index (χ3v) is 2.97. The van der Waals surface area contributed by atoms with E-state index >= 15 is 0 Å². The number of nitro groups is 1. The van der Waals surface area contributed by atoms with E-state index in [0.717, 1.165) is 17.9 Å². The summed E-state index contributed by atoms with van der Waals surface area (Å²) in [6.07, 6.45) is 1.79. The summed E-state index contributed by atoms with van der Waals surface area (Å²) in [7, 11) is 1.65. The number of nitrogens with one attached hydrogen (secondary N) is 1. The summed E-state index contributed by atoms with van der Waals surface area (Å²) in [6.45, 7) is 3.66. The van der Waals surface area contributed by atoms with Crippen molar-refractivity contribution in [2.24, 2.45) is 0 Å². The molecule has 2 aromatic rings. The van der Waals surface area contributed by atoms with E-state index in [0.29, 0.717) is 18.7 Å². The predicted molar refractivity (Wildman–Crippen MR) is 76.3 cm³/mol. The molecule has 0 atom stereocenters. The van der Waals surface area contributed by atoms with E-state index in [1.807, 2.05) is 0 Å². The topological polar surface area (TPSA) is 95.1 Å². The fourth-order valence-corrected chi connectivity index (χ4v) is 1.88. The number of benzene rings is 1. The zero-order chi connectivity index (χ0) is 15.2. The van der Waals surface area contributed by atoms with Crippen LogP contribution in [0.3, 0.4) is 0 Å². The Bertz CT molecular complexity index is 626. The Morgan fingerprint density at radius 2 is 2.29 bits per heavy atom. The van der Waals surface area contributed by atoms with Crippen molar-refractivity contribution in [3.8, 4) is 5.69 Å². The minimum absolute atomic E-state index is 0.0975. The highest BCUT2D eigenvalue weighted by molar-refractivity contribution is 5.47. The van der Waals surface area contributed by atoms with Crippen LogP contribution < -0.4 is 5.32 Å². The van der Waals surface area contributed by atoms with Crippen molar-refractivity contribution in [2.45, 2.75) is 13.5 Å². The lowest BCUT2D eigenvalue weighted by atomic mass is 10.2. The fraction of sp³-hybridized carbons (Fsp3) is 0.385. The van der Waals surface area contributed by atoms with Crippen molar-refractivity contribution in [1.29, 1.82) is 0 Å². The zero-order valence-corrected chi connectivity index (χ0v) is 11.9. The molecule has 0 amide bonds. The van der Waals surface area contributed by atoms with Crippen LogP contribution in [0.1, 0.15) is 11.3 Å². The first-order valence-corrected chi connectivity index (χ1v) is 6.48. The first-order valence-electron chi connectivity index (χ1n) is 6.48. The van der Waals surface area contributed by atoms with E-state index < -0.39 is 4.92 Å². The molecule has 0 aliphatic rings. The molecule has 1 aromatic carbocycles. The molecule has 2 rings (SSSR count). The molecule has 0 fully saturated rings. The van der Waals surface area contributed by atoms with E-state index in [1.165, 1.54) is 6.07 Å². The standard InChI is InChI=1S/C13H17N5O3/c1-10-7-12(3-4-13(10)18(19)20)17-9-11(15-16-17)8-14-5-6-21-2/h3-4,7,9,14H,5-6,8H2,1-2H3. The molecule has 0 aliphatic heterocycles. The third-order valence-electron chi connectivity index (χ3n) is 2.97. The highest BCUT2D eigenvalue weighted by Gasteiger charge is 2.11. The minimum atomic E-state index is -0.397. The van der Waals surface area contributed by atoms with Gasteiger partial charge in [-0.05, 0) is 19.1 Å². The van der Waals surface area contributed by atoms with Crippen molar-refractivity contribution in [3.63, 3.8) is 0 Å². The van der Waals surface area contributed by atoms with Crippen LogP contribution in [0, 0.1) is 17.0 Å². The van der Waals surface area contributed by atoms with Crippen molar-refractivity contribution >= 4 is 5.69 Å². The maximum atomic E-state index is 10.8. The zero-order valence-electron chi connectivity index (χ0n) is 11.9. The molecule has 1 heterocycles. The third kappa shape index (κ3) is 3.83. The highest BCUT2D eigenvalue weighted by atomic mass is 16.6. The minimum Gasteiger partial charge on any atom is -0.383 e. The molecule has 0 saturated heterocycles. The van der Waals surface area contributed by atoms with Crippen LogP contribution in [0.4, 0.5) is 5.69 Å². The van der Waals surface area contributed by atoms with Crippen LogP contribution in [0.2, 0.25) is 0 Å². The summed E-state index contributed by atoms with van der Waals surface area (Å²) < 4.78 is 6.54. The second-order valence-corrected chi connectivity index (χ2v) is 4.55. The van der Waals surface area contributed by atoms with Gasteiger partial charge in [-0.3, -0.25) is 10.1 Å². The predicted octanol–water partition coefficient (Wildman–Crippen LogP) is 1.22. The maximum absolute atomic E-state index is 10.8. The molecule has 0 aliphatic carbocycles. The number of rotatable bonds is 7.